The molecule has 2 saturated heterocycles. The van der Waals surface area contributed by atoms with Gasteiger partial charge in [-0.2, -0.15) is 4.99 Å². The molecule has 142 valence electrons. The molecule has 2 atom stereocenters. The van der Waals surface area contributed by atoms with Crippen LogP contribution in [0.15, 0.2) is 29.3 Å². The van der Waals surface area contributed by atoms with Crippen molar-refractivity contribution in [2.75, 3.05) is 18.6 Å². The number of hydrogen-bond donors (Lipinski definition) is 0. The maximum Gasteiger partial charge on any atom is 0.253 e. The molecular weight excluding hydrogens is 372 g/mol. The van der Waals surface area contributed by atoms with Crippen LogP contribution in [0.1, 0.15) is 26.3 Å². The van der Waals surface area contributed by atoms with Crippen molar-refractivity contribution >= 4 is 32.7 Å². The Bertz CT molecular complexity index is 843. The minimum Gasteiger partial charge on any atom is -0.497 e. The standard InChI is InChI=1S/C18H24N2O4S2/c1-18(2,3)16(21)19-17-20(9-12-6-5-7-13(8-12)24-4)14-10-26(22,23)11-15(14)25-17/h5-8,14-15H,9-11H2,1-4H3. The first-order valence-electron chi connectivity index (χ1n) is 8.49. The number of thioether (sulfide) groups is 1. The fourth-order valence-corrected chi connectivity index (χ4v) is 6.99. The van der Waals surface area contributed by atoms with Gasteiger partial charge in [0.05, 0.1) is 24.7 Å². The van der Waals surface area contributed by atoms with Gasteiger partial charge in [-0.3, -0.25) is 4.79 Å². The third-order valence-electron chi connectivity index (χ3n) is 4.50. The number of benzene rings is 1. The summed E-state index contributed by atoms with van der Waals surface area (Å²) >= 11 is 1.41. The highest BCUT2D eigenvalue weighted by molar-refractivity contribution is 8.15. The zero-order valence-corrected chi connectivity index (χ0v) is 17.1. The Balaban J connectivity index is 1.92. The van der Waals surface area contributed by atoms with Crippen molar-refractivity contribution in [3.8, 4) is 5.75 Å². The van der Waals surface area contributed by atoms with E-state index in [9.17, 15) is 13.2 Å². The molecule has 26 heavy (non-hydrogen) atoms. The van der Waals surface area contributed by atoms with Gasteiger partial charge in [0.2, 0.25) is 0 Å². The SMILES string of the molecule is COc1cccc(CN2C(=NC(=O)C(C)(C)C)SC3CS(=O)(=O)CC32)c1. The van der Waals surface area contributed by atoms with Gasteiger partial charge in [0.15, 0.2) is 15.0 Å². The van der Waals surface area contributed by atoms with Crippen LogP contribution < -0.4 is 4.74 Å². The predicted octanol–water partition coefficient (Wildman–Crippen LogP) is 2.34. The highest BCUT2D eigenvalue weighted by atomic mass is 32.2. The second kappa shape index (κ2) is 6.88. The first-order valence-corrected chi connectivity index (χ1v) is 11.2. The number of fused-ring (bicyclic) bond motifs is 1. The predicted molar refractivity (Wildman–Crippen MR) is 104 cm³/mol. The molecule has 1 aromatic carbocycles. The van der Waals surface area contributed by atoms with Gasteiger partial charge in [0, 0.05) is 17.2 Å². The fraction of sp³-hybridized carbons (Fsp3) is 0.556. The summed E-state index contributed by atoms with van der Waals surface area (Å²) in [5.74, 6) is 0.796. The van der Waals surface area contributed by atoms with Crippen LogP contribution >= 0.6 is 11.8 Å². The number of amidine groups is 1. The van der Waals surface area contributed by atoms with Crippen LogP contribution in [0.4, 0.5) is 0 Å². The molecule has 6 nitrogen and oxygen atoms in total. The number of rotatable bonds is 3. The lowest BCUT2D eigenvalue weighted by Crippen LogP contribution is -2.37. The van der Waals surface area contributed by atoms with Crippen molar-refractivity contribution in [2.45, 2.75) is 38.6 Å². The molecule has 1 amide bonds. The van der Waals surface area contributed by atoms with Gasteiger partial charge in [-0.25, -0.2) is 8.42 Å². The van der Waals surface area contributed by atoms with E-state index in [-0.39, 0.29) is 28.7 Å². The maximum atomic E-state index is 12.4. The van der Waals surface area contributed by atoms with Crippen LogP contribution in [-0.2, 0) is 21.2 Å². The monoisotopic (exact) mass is 396 g/mol. The number of carbonyl (C=O) groups excluding carboxylic acids is 1. The van der Waals surface area contributed by atoms with Crippen LogP contribution in [0.3, 0.4) is 0 Å². The van der Waals surface area contributed by atoms with Crippen molar-refractivity contribution in [3.63, 3.8) is 0 Å². The summed E-state index contributed by atoms with van der Waals surface area (Å²) in [6.45, 7) is 5.99. The largest absolute Gasteiger partial charge is 0.497 e. The van der Waals surface area contributed by atoms with E-state index >= 15 is 0 Å². The first kappa shape index (κ1) is 19.2. The molecule has 2 aliphatic rings. The van der Waals surface area contributed by atoms with E-state index in [1.807, 2.05) is 49.9 Å². The van der Waals surface area contributed by atoms with Crippen LogP contribution in [0.2, 0.25) is 0 Å². The smallest absolute Gasteiger partial charge is 0.253 e. The van der Waals surface area contributed by atoms with E-state index in [0.29, 0.717) is 11.7 Å². The molecule has 2 heterocycles. The summed E-state index contributed by atoms with van der Waals surface area (Å²) in [6.07, 6.45) is 0. The minimum atomic E-state index is -3.05. The molecule has 0 N–H and O–H groups in total. The molecule has 0 radical (unpaired) electrons. The number of amides is 1. The molecule has 0 bridgehead atoms. The van der Waals surface area contributed by atoms with Gasteiger partial charge >= 0.3 is 0 Å². The van der Waals surface area contributed by atoms with Gasteiger partial charge in [-0.05, 0) is 17.7 Å². The molecule has 1 aromatic rings. The number of aliphatic imine (C=N–C) groups is 1. The number of ether oxygens (including phenoxy) is 1. The average molecular weight is 397 g/mol. The maximum absolute atomic E-state index is 12.4. The van der Waals surface area contributed by atoms with E-state index in [2.05, 4.69) is 4.99 Å². The van der Waals surface area contributed by atoms with Gasteiger partial charge < -0.3 is 9.64 Å². The lowest BCUT2D eigenvalue weighted by atomic mass is 9.96. The van der Waals surface area contributed by atoms with Crippen LogP contribution in [0.5, 0.6) is 5.75 Å². The zero-order chi connectivity index (χ0) is 19.1. The zero-order valence-electron chi connectivity index (χ0n) is 15.4. The van der Waals surface area contributed by atoms with Crippen molar-refractivity contribution in [1.82, 2.24) is 4.90 Å². The van der Waals surface area contributed by atoms with Crippen molar-refractivity contribution in [1.29, 1.82) is 0 Å². The molecule has 2 fully saturated rings. The molecule has 8 heteroatoms. The van der Waals surface area contributed by atoms with E-state index < -0.39 is 15.3 Å². The van der Waals surface area contributed by atoms with Gasteiger partial charge in [-0.1, -0.05) is 44.7 Å². The Morgan fingerprint density at radius 1 is 1.35 bits per heavy atom. The first-order chi connectivity index (χ1) is 12.1. The average Bonchev–Trinajstić information content (AvgIpc) is 2.99. The lowest BCUT2D eigenvalue weighted by Gasteiger charge is -2.25. The van der Waals surface area contributed by atoms with Crippen molar-refractivity contribution in [2.24, 2.45) is 10.4 Å². The number of sulfone groups is 1. The molecule has 0 saturated carbocycles. The number of hydrogen-bond acceptors (Lipinski definition) is 5. The topological polar surface area (TPSA) is 76.0 Å². The van der Waals surface area contributed by atoms with Crippen LogP contribution in [-0.4, -0.2) is 54.3 Å². The molecule has 3 rings (SSSR count). The van der Waals surface area contributed by atoms with E-state index in [1.54, 1.807) is 7.11 Å². The Hall–Kier alpha value is -1.54. The lowest BCUT2D eigenvalue weighted by molar-refractivity contribution is -0.124. The summed E-state index contributed by atoms with van der Waals surface area (Å²) in [4.78, 5) is 18.7. The third-order valence-corrected chi connectivity index (χ3v) is 7.75. The Kier molecular flexibility index (Phi) is 5.09. The van der Waals surface area contributed by atoms with Crippen LogP contribution in [0, 0.1) is 5.41 Å². The molecular formula is C18H24N2O4S2. The van der Waals surface area contributed by atoms with E-state index in [0.717, 1.165) is 11.3 Å². The number of methoxy groups -OCH3 is 1. The number of nitrogens with zero attached hydrogens (tertiary/aromatic N) is 2. The highest BCUT2D eigenvalue weighted by Crippen LogP contribution is 2.39. The Labute approximate surface area is 158 Å². The molecule has 0 aromatic heterocycles. The third kappa shape index (κ3) is 4.06. The number of carbonyl (C=O) groups is 1. The second-order valence-electron chi connectivity index (χ2n) is 7.73. The second-order valence-corrected chi connectivity index (χ2v) is 11.1. The Morgan fingerprint density at radius 2 is 2.08 bits per heavy atom. The van der Waals surface area contributed by atoms with E-state index in [4.69, 9.17) is 4.74 Å². The van der Waals surface area contributed by atoms with Crippen molar-refractivity contribution in [3.05, 3.63) is 29.8 Å². The summed E-state index contributed by atoms with van der Waals surface area (Å²) in [5, 5.41) is 0.551. The summed E-state index contributed by atoms with van der Waals surface area (Å²) in [6, 6.07) is 7.50. The fourth-order valence-electron chi connectivity index (χ4n) is 3.04. The molecule has 0 aliphatic carbocycles. The molecule has 2 aliphatic heterocycles. The minimum absolute atomic E-state index is 0.0721. The van der Waals surface area contributed by atoms with Crippen molar-refractivity contribution < 1.29 is 17.9 Å². The molecule has 2 unspecified atom stereocenters. The summed E-state index contributed by atoms with van der Waals surface area (Å²) < 4.78 is 29.4. The highest BCUT2D eigenvalue weighted by Gasteiger charge is 2.48. The van der Waals surface area contributed by atoms with E-state index in [1.165, 1.54) is 11.8 Å². The van der Waals surface area contributed by atoms with Gasteiger partial charge in [0.25, 0.3) is 5.91 Å². The van der Waals surface area contributed by atoms with Crippen LogP contribution in [0.25, 0.3) is 0 Å². The van der Waals surface area contributed by atoms with Gasteiger partial charge in [0.1, 0.15) is 5.75 Å². The molecule has 0 spiro atoms. The quantitative estimate of drug-likeness (QED) is 0.781. The Morgan fingerprint density at radius 3 is 2.73 bits per heavy atom. The normalized spacial score (nSPS) is 26.2. The van der Waals surface area contributed by atoms with Gasteiger partial charge in [-0.15, -0.1) is 0 Å². The summed E-state index contributed by atoms with van der Waals surface area (Å²) in [7, 11) is -1.44. The summed E-state index contributed by atoms with van der Waals surface area (Å²) in [5.41, 5.74) is 0.421.